The highest BCUT2D eigenvalue weighted by Gasteiger charge is 2.45. The zero-order valence-electron chi connectivity index (χ0n) is 33.2. The maximum absolute atomic E-state index is 14.1. The minimum Gasteiger partial charge on any atom is -0.480 e. The number of rotatable bonds is 21. The lowest BCUT2D eigenvalue weighted by atomic mass is 9.89. The van der Waals surface area contributed by atoms with Crippen LogP contribution in [0.5, 0.6) is 0 Å². The Balaban J connectivity index is 2.33. The number of hydrogen-bond acceptors (Lipinski definition) is 7. The van der Waals surface area contributed by atoms with E-state index in [0.717, 1.165) is 18.4 Å². The van der Waals surface area contributed by atoms with Crippen LogP contribution in [0.4, 0.5) is 0 Å². The highest BCUT2D eigenvalue weighted by atomic mass is 16.5. The zero-order chi connectivity index (χ0) is 39.3. The lowest BCUT2D eigenvalue weighted by molar-refractivity contribution is -0.564. The van der Waals surface area contributed by atoms with E-state index < -0.39 is 54.2 Å². The molecule has 9 unspecified atom stereocenters. The predicted octanol–water partition coefficient (Wildman–Crippen LogP) is 3.24. The van der Waals surface area contributed by atoms with Gasteiger partial charge in [0.2, 0.25) is 17.7 Å². The average molecular weight is 733 g/mol. The summed E-state index contributed by atoms with van der Waals surface area (Å²) in [6.45, 7) is 14.0. The molecule has 0 spiro atoms. The van der Waals surface area contributed by atoms with Crippen LogP contribution in [0.3, 0.4) is 0 Å². The first-order valence-electron chi connectivity index (χ1n) is 18.7. The third-order valence-electron chi connectivity index (χ3n) is 10.7. The zero-order valence-corrected chi connectivity index (χ0v) is 33.2. The molecule has 52 heavy (non-hydrogen) atoms. The number of likely N-dealkylation sites (N-methyl/N-ethyl adjacent to an activating group) is 2. The highest BCUT2D eigenvalue weighted by Crippen LogP contribution is 2.27. The fraction of sp³-hybridized carbons (Fsp3) is 0.718. The molecule has 2 rings (SSSR count). The molecule has 1 aliphatic rings. The van der Waals surface area contributed by atoms with Crippen molar-refractivity contribution in [2.75, 3.05) is 34.9 Å². The van der Waals surface area contributed by atoms with Crippen molar-refractivity contribution in [3.05, 3.63) is 35.9 Å². The maximum Gasteiger partial charge on any atom is 0.336 e. The summed E-state index contributed by atoms with van der Waals surface area (Å²) in [6.07, 6.45) is 1.14. The third-order valence-corrected chi connectivity index (χ3v) is 10.7. The van der Waals surface area contributed by atoms with Gasteiger partial charge in [-0.1, -0.05) is 85.2 Å². The number of carbonyl (C=O) groups is 4. The first-order chi connectivity index (χ1) is 24.5. The van der Waals surface area contributed by atoms with E-state index in [1.54, 1.807) is 33.0 Å². The Morgan fingerprint density at radius 3 is 2.04 bits per heavy atom. The van der Waals surface area contributed by atoms with Gasteiger partial charge in [0, 0.05) is 40.5 Å². The number of carbonyl (C=O) groups excluding carboxylic acids is 3. The number of amides is 3. The van der Waals surface area contributed by atoms with Crippen LogP contribution in [-0.4, -0.2) is 127 Å². The Hall–Kier alpha value is -3.55. The van der Waals surface area contributed by atoms with Crippen molar-refractivity contribution in [3.8, 4) is 0 Å². The van der Waals surface area contributed by atoms with Gasteiger partial charge in [-0.15, -0.1) is 0 Å². The number of benzene rings is 1. The predicted molar refractivity (Wildman–Crippen MR) is 201 cm³/mol. The van der Waals surface area contributed by atoms with Crippen LogP contribution in [0, 0.1) is 23.7 Å². The van der Waals surface area contributed by atoms with E-state index in [1.165, 1.54) is 7.11 Å². The number of hydrogen-bond donors (Lipinski definition) is 5. The first kappa shape index (κ1) is 44.6. The van der Waals surface area contributed by atoms with Crippen LogP contribution in [0.25, 0.3) is 0 Å². The SMILES string of the molecule is CCC(C)C(C(CC(O)=[N+]1CCCC1C(OC)C(C)C(=O)NC(Cc1ccccc1)C(=O)O)OC)N(C)C(=O)C(NC(=O)C(NC)C(C)C)C(C)C. The summed E-state index contributed by atoms with van der Waals surface area (Å²) in [7, 11) is 6.53. The van der Waals surface area contributed by atoms with Crippen molar-refractivity contribution in [3.63, 3.8) is 0 Å². The van der Waals surface area contributed by atoms with Gasteiger partial charge in [-0.05, 0) is 30.4 Å². The fourth-order valence-electron chi connectivity index (χ4n) is 7.42. The summed E-state index contributed by atoms with van der Waals surface area (Å²) < 4.78 is 13.7. The lowest BCUT2D eigenvalue weighted by Gasteiger charge is -2.39. The minimum absolute atomic E-state index is 0.0150. The van der Waals surface area contributed by atoms with E-state index in [-0.39, 0.29) is 54.3 Å². The summed E-state index contributed by atoms with van der Waals surface area (Å²) in [6, 6.07) is 6.01. The summed E-state index contributed by atoms with van der Waals surface area (Å²) in [5.74, 6) is -2.88. The van der Waals surface area contributed by atoms with Crippen LogP contribution in [-0.2, 0) is 35.1 Å². The lowest BCUT2D eigenvalue weighted by Crippen LogP contribution is -2.59. The standard InChI is InChI=1S/C39H65N5O8/c1-12-25(6)34(43(9)38(48)33(24(4)5)42-37(47)32(40-8)23(2)3)30(51-10)22-31(45)44-20-16-19-29(44)35(52-11)26(7)36(46)41-28(39(49)50)21-27-17-14-13-15-18-27/h13-15,17-18,23-26,28-30,32-35,40H,12,16,19-22H2,1-11H3,(H3,41,42,46,47,49,50)/p+1. The molecule has 9 atom stereocenters. The molecule has 0 aromatic heterocycles. The van der Waals surface area contributed by atoms with Gasteiger partial charge in [-0.2, -0.15) is 4.58 Å². The van der Waals surface area contributed by atoms with Crippen molar-refractivity contribution in [2.24, 2.45) is 23.7 Å². The van der Waals surface area contributed by atoms with Gasteiger partial charge < -0.3 is 40.5 Å². The van der Waals surface area contributed by atoms with E-state index in [1.807, 2.05) is 76.4 Å². The van der Waals surface area contributed by atoms with Crippen molar-refractivity contribution < 1.29 is 43.4 Å². The summed E-state index contributed by atoms with van der Waals surface area (Å²) in [5, 5.41) is 30.3. The van der Waals surface area contributed by atoms with Crippen LogP contribution in [0.15, 0.2) is 30.3 Å². The van der Waals surface area contributed by atoms with Crippen molar-refractivity contribution in [2.45, 2.75) is 123 Å². The summed E-state index contributed by atoms with van der Waals surface area (Å²) in [4.78, 5) is 54.5. The summed E-state index contributed by atoms with van der Waals surface area (Å²) >= 11 is 0. The van der Waals surface area contributed by atoms with Gasteiger partial charge in [0.25, 0.3) is 0 Å². The normalized spacial score (nSPS) is 20.3. The number of aliphatic carboxylic acids is 1. The van der Waals surface area contributed by atoms with Crippen LogP contribution in [0.1, 0.15) is 79.7 Å². The highest BCUT2D eigenvalue weighted by molar-refractivity contribution is 5.90. The smallest absolute Gasteiger partial charge is 0.336 e. The second-order valence-electron chi connectivity index (χ2n) is 14.9. The number of methoxy groups -OCH3 is 2. The quantitative estimate of drug-likeness (QED) is 0.0941. The molecule has 1 aliphatic heterocycles. The van der Waals surface area contributed by atoms with Gasteiger partial charge >= 0.3 is 11.9 Å². The monoisotopic (exact) mass is 732 g/mol. The molecule has 294 valence electrons. The van der Waals surface area contributed by atoms with Gasteiger partial charge in [0.15, 0.2) is 6.04 Å². The van der Waals surface area contributed by atoms with Crippen molar-refractivity contribution >= 4 is 29.6 Å². The number of nitrogens with one attached hydrogen (secondary N) is 3. The Labute approximate surface area is 310 Å². The number of carboxylic acid groups (broad SMARTS) is 1. The van der Waals surface area contributed by atoms with Crippen LogP contribution >= 0.6 is 0 Å². The molecule has 1 fully saturated rings. The third kappa shape index (κ3) is 11.7. The topological polar surface area (TPSA) is 170 Å². The molecule has 0 aliphatic carbocycles. The Bertz CT molecular complexity index is 1340. The number of aliphatic hydroxyl groups excluding tert-OH is 1. The number of carboxylic acids is 1. The average Bonchev–Trinajstić information content (AvgIpc) is 3.59. The van der Waals surface area contributed by atoms with E-state index in [4.69, 9.17) is 9.47 Å². The van der Waals surface area contributed by atoms with Gasteiger partial charge in [0.05, 0.1) is 30.5 Å². The number of ether oxygens (including phenoxy) is 2. The van der Waals surface area contributed by atoms with E-state index in [2.05, 4.69) is 16.0 Å². The maximum atomic E-state index is 14.1. The Morgan fingerprint density at radius 2 is 1.54 bits per heavy atom. The van der Waals surface area contributed by atoms with Crippen LogP contribution < -0.4 is 16.0 Å². The number of nitrogens with zero attached hydrogens (tertiary/aromatic N) is 2. The van der Waals surface area contributed by atoms with Gasteiger partial charge in [-0.25, -0.2) is 4.79 Å². The minimum atomic E-state index is -1.13. The molecule has 3 amide bonds. The van der Waals surface area contributed by atoms with Gasteiger partial charge in [0.1, 0.15) is 24.7 Å². The molecule has 1 aromatic carbocycles. The first-order valence-corrected chi connectivity index (χ1v) is 18.7. The molecule has 13 nitrogen and oxygen atoms in total. The molecule has 1 aromatic rings. The molecular weight excluding hydrogens is 666 g/mol. The van der Waals surface area contributed by atoms with Crippen LogP contribution in [0.2, 0.25) is 0 Å². The van der Waals surface area contributed by atoms with E-state index in [9.17, 15) is 29.4 Å². The summed E-state index contributed by atoms with van der Waals surface area (Å²) in [5.41, 5.74) is 0.793. The molecule has 13 heteroatoms. The van der Waals surface area contributed by atoms with E-state index >= 15 is 0 Å². The number of aliphatic hydroxyl groups is 1. The van der Waals surface area contributed by atoms with Gasteiger partial charge in [-0.3, -0.25) is 14.4 Å². The fourth-order valence-corrected chi connectivity index (χ4v) is 7.42. The molecule has 0 bridgehead atoms. The molecule has 1 saturated heterocycles. The van der Waals surface area contributed by atoms with Crippen molar-refractivity contribution in [1.82, 2.24) is 20.9 Å². The Kier molecular flexibility index (Phi) is 18.2. The molecule has 0 radical (unpaired) electrons. The molecular formula is C39H66N5O8+. The second kappa shape index (κ2) is 21.2. The largest absolute Gasteiger partial charge is 0.480 e. The molecule has 1 heterocycles. The molecule has 0 saturated carbocycles. The Morgan fingerprint density at radius 1 is 0.923 bits per heavy atom. The van der Waals surface area contributed by atoms with E-state index in [0.29, 0.717) is 13.0 Å². The molecule has 5 N–H and O–H groups in total. The van der Waals surface area contributed by atoms with Crippen molar-refractivity contribution in [1.29, 1.82) is 0 Å². The second-order valence-corrected chi connectivity index (χ2v) is 14.9.